The van der Waals surface area contributed by atoms with Crippen molar-refractivity contribution in [3.63, 3.8) is 0 Å². The second-order valence-corrected chi connectivity index (χ2v) is 5.61. The summed E-state index contributed by atoms with van der Waals surface area (Å²) in [6.45, 7) is 4.08. The number of carboxylic acids is 1. The van der Waals surface area contributed by atoms with Crippen LogP contribution in [-0.4, -0.2) is 23.3 Å². The molecule has 0 amide bonds. The summed E-state index contributed by atoms with van der Waals surface area (Å²) in [6.07, 6.45) is 3.62. The van der Waals surface area contributed by atoms with Crippen LogP contribution in [0.15, 0.2) is 24.3 Å². The van der Waals surface area contributed by atoms with Crippen molar-refractivity contribution in [2.75, 3.05) is 0 Å². The average molecular weight is 262 g/mol. The topological polar surface area (TPSA) is 46.5 Å². The summed E-state index contributed by atoms with van der Waals surface area (Å²) in [6, 6.07) is 8.08. The molecule has 0 bridgehead atoms. The fraction of sp³-hybridized carbons (Fsp3) is 0.562. The van der Waals surface area contributed by atoms with Crippen molar-refractivity contribution in [2.24, 2.45) is 5.92 Å². The lowest BCUT2D eigenvalue weighted by Crippen LogP contribution is -2.23. The lowest BCUT2D eigenvalue weighted by atomic mass is 9.92. The summed E-state index contributed by atoms with van der Waals surface area (Å²) in [5.74, 6) is -1.07. The Hall–Kier alpha value is -1.35. The molecule has 0 saturated carbocycles. The van der Waals surface area contributed by atoms with Crippen LogP contribution in [-0.2, 0) is 16.0 Å². The molecule has 19 heavy (non-hydrogen) atoms. The highest BCUT2D eigenvalue weighted by Crippen LogP contribution is 2.26. The summed E-state index contributed by atoms with van der Waals surface area (Å²) in [4.78, 5) is 11.4. The van der Waals surface area contributed by atoms with Crippen molar-refractivity contribution in [3.05, 3.63) is 35.4 Å². The molecule has 3 atom stereocenters. The van der Waals surface area contributed by atoms with E-state index in [-0.39, 0.29) is 18.1 Å². The minimum absolute atomic E-state index is 0.112. The van der Waals surface area contributed by atoms with Gasteiger partial charge in [0.15, 0.2) is 0 Å². The van der Waals surface area contributed by atoms with Crippen LogP contribution in [0.3, 0.4) is 0 Å². The molecule has 0 spiro atoms. The lowest BCUT2D eigenvalue weighted by molar-refractivity contribution is -0.143. The van der Waals surface area contributed by atoms with Crippen LogP contribution in [0, 0.1) is 12.8 Å². The van der Waals surface area contributed by atoms with Crippen LogP contribution in [0.2, 0.25) is 0 Å². The van der Waals surface area contributed by atoms with Gasteiger partial charge in [0.1, 0.15) is 0 Å². The maximum Gasteiger partial charge on any atom is 0.306 e. The van der Waals surface area contributed by atoms with E-state index >= 15 is 0 Å². The van der Waals surface area contributed by atoms with Gasteiger partial charge in [0.05, 0.1) is 18.1 Å². The summed E-state index contributed by atoms with van der Waals surface area (Å²) in [5, 5.41) is 9.37. The van der Waals surface area contributed by atoms with Crippen molar-refractivity contribution in [1.82, 2.24) is 0 Å². The smallest absolute Gasteiger partial charge is 0.306 e. The van der Waals surface area contributed by atoms with Crippen LogP contribution in [0.1, 0.15) is 37.3 Å². The van der Waals surface area contributed by atoms with Crippen molar-refractivity contribution >= 4 is 5.97 Å². The van der Waals surface area contributed by atoms with Crippen molar-refractivity contribution in [3.8, 4) is 0 Å². The number of aryl methyl sites for hydroxylation is 1. The van der Waals surface area contributed by atoms with Gasteiger partial charge in [0.25, 0.3) is 0 Å². The Labute approximate surface area is 114 Å². The first kappa shape index (κ1) is 14.1. The summed E-state index contributed by atoms with van der Waals surface area (Å²) < 4.78 is 5.74. The molecule has 1 fully saturated rings. The molecule has 1 N–H and O–H groups in total. The third-order valence-electron chi connectivity index (χ3n) is 3.78. The highest BCUT2D eigenvalue weighted by atomic mass is 16.5. The van der Waals surface area contributed by atoms with Crippen molar-refractivity contribution in [1.29, 1.82) is 0 Å². The summed E-state index contributed by atoms with van der Waals surface area (Å²) >= 11 is 0. The van der Waals surface area contributed by atoms with E-state index < -0.39 is 5.97 Å². The molecule has 3 unspecified atom stereocenters. The average Bonchev–Trinajstić information content (AvgIpc) is 2.74. The first-order valence-electron chi connectivity index (χ1n) is 6.98. The molecule has 1 aromatic rings. The van der Waals surface area contributed by atoms with Crippen LogP contribution in [0.25, 0.3) is 0 Å². The molecule has 1 aliphatic rings. The number of carbonyl (C=O) groups is 1. The minimum atomic E-state index is -0.718. The van der Waals surface area contributed by atoms with Crippen LogP contribution < -0.4 is 0 Å². The molecular formula is C16H22O3. The van der Waals surface area contributed by atoms with Gasteiger partial charge in [-0.1, -0.05) is 29.8 Å². The lowest BCUT2D eigenvalue weighted by Gasteiger charge is -2.17. The van der Waals surface area contributed by atoms with E-state index in [2.05, 4.69) is 13.0 Å². The molecular weight excluding hydrogens is 240 g/mol. The molecule has 1 saturated heterocycles. The molecule has 2 rings (SSSR count). The normalized spacial score (nSPS) is 24.3. The number of aliphatic carboxylic acids is 1. The number of ether oxygens (including phenoxy) is 1. The van der Waals surface area contributed by atoms with Crippen molar-refractivity contribution in [2.45, 2.75) is 51.7 Å². The zero-order chi connectivity index (χ0) is 13.8. The molecule has 0 aromatic heterocycles. The van der Waals surface area contributed by atoms with E-state index in [0.29, 0.717) is 12.8 Å². The van der Waals surface area contributed by atoms with Crippen LogP contribution in [0.5, 0.6) is 0 Å². The maximum absolute atomic E-state index is 11.4. The highest BCUT2D eigenvalue weighted by Gasteiger charge is 2.28. The summed E-state index contributed by atoms with van der Waals surface area (Å²) in [5.41, 5.74) is 2.27. The predicted molar refractivity (Wildman–Crippen MR) is 74.2 cm³/mol. The monoisotopic (exact) mass is 262 g/mol. The zero-order valence-electron chi connectivity index (χ0n) is 11.6. The Bertz CT molecular complexity index is 441. The van der Waals surface area contributed by atoms with E-state index in [4.69, 9.17) is 4.74 Å². The van der Waals surface area contributed by atoms with E-state index in [0.717, 1.165) is 18.4 Å². The second kappa shape index (κ2) is 6.20. The van der Waals surface area contributed by atoms with Gasteiger partial charge in [-0.15, -0.1) is 0 Å². The molecule has 0 aliphatic carbocycles. The van der Waals surface area contributed by atoms with Crippen LogP contribution in [0.4, 0.5) is 0 Å². The van der Waals surface area contributed by atoms with Gasteiger partial charge < -0.3 is 9.84 Å². The Morgan fingerprint density at radius 1 is 1.47 bits per heavy atom. The van der Waals surface area contributed by atoms with E-state index in [1.165, 1.54) is 5.56 Å². The Morgan fingerprint density at radius 2 is 2.26 bits per heavy atom. The number of benzene rings is 1. The number of carboxylic acid groups (broad SMARTS) is 1. The zero-order valence-corrected chi connectivity index (χ0v) is 11.6. The second-order valence-electron chi connectivity index (χ2n) is 5.61. The molecule has 3 heteroatoms. The fourth-order valence-electron chi connectivity index (χ4n) is 2.77. The molecule has 1 aliphatic heterocycles. The van der Waals surface area contributed by atoms with Gasteiger partial charge in [-0.3, -0.25) is 4.79 Å². The quantitative estimate of drug-likeness (QED) is 0.886. The Kier molecular flexibility index (Phi) is 4.59. The van der Waals surface area contributed by atoms with E-state index in [9.17, 15) is 9.90 Å². The molecule has 0 radical (unpaired) electrons. The van der Waals surface area contributed by atoms with Gasteiger partial charge in [-0.2, -0.15) is 0 Å². The summed E-state index contributed by atoms with van der Waals surface area (Å²) in [7, 11) is 0. The van der Waals surface area contributed by atoms with Gasteiger partial charge in [-0.05, 0) is 45.1 Å². The molecule has 104 valence electrons. The first-order valence-corrected chi connectivity index (χ1v) is 6.98. The van der Waals surface area contributed by atoms with Gasteiger partial charge in [-0.25, -0.2) is 0 Å². The number of hydrogen-bond donors (Lipinski definition) is 1. The number of rotatable bonds is 5. The van der Waals surface area contributed by atoms with Gasteiger partial charge in [0, 0.05) is 0 Å². The van der Waals surface area contributed by atoms with Gasteiger partial charge >= 0.3 is 5.97 Å². The molecule has 1 heterocycles. The highest BCUT2D eigenvalue weighted by molar-refractivity contribution is 5.70. The first-order chi connectivity index (χ1) is 9.04. The van der Waals surface area contributed by atoms with E-state index in [1.807, 2.05) is 25.1 Å². The molecule has 1 aromatic carbocycles. The standard InChI is InChI=1S/C16H22O3/c1-11-4-3-5-13(8-11)9-14(16(17)18)10-15-7-6-12(2)19-15/h3-5,8,12,14-15H,6-7,9-10H2,1-2H3,(H,17,18). The SMILES string of the molecule is Cc1cccc(CC(CC2CCC(C)O2)C(=O)O)c1. The van der Waals surface area contributed by atoms with Crippen LogP contribution >= 0.6 is 0 Å². The third-order valence-corrected chi connectivity index (χ3v) is 3.78. The molecule has 3 nitrogen and oxygen atoms in total. The fourth-order valence-corrected chi connectivity index (χ4v) is 2.77. The number of hydrogen-bond acceptors (Lipinski definition) is 2. The maximum atomic E-state index is 11.4. The largest absolute Gasteiger partial charge is 0.481 e. The third kappa shape index (κ3) is 4.06. The van der Waals surface area contributed by atoms with Crippen molar-refractivity contribution < 1.29 is 14.6 Å². The van der Waals surface area contributed by atoms with E-state index in [1.54, 1.807) is 0 Å². The Morgan fingerprint density at radius 3 is 2.84 bits per heavy atom. The minimum Gasteiger partial charge on any atom is -0.481 e. The predicted octanol–water partition coefficient (Wildman–Crippen LogP) is 3.20. The Balaban J connectivity index is 1.98. The van der Waals surface area contributed by atoms with Gasteiger partial charge in [0.2, 0.25) is 0 Å².